The number of alkyl halides is 3. The molecule has 1 atom stereocenters. The van der Waals surface area contributed by atoms with Gasteiger partial charge in [0, 0.05) is 13.0 Å². The van der Waals surface area contributed by atoms with Gasteiger partial charge < -0.3 is 10.0 Å². The number of carboxylic acids is 1. The van der Waals surface area contributed by atoms with Crippen molar-refractivity contribution in [3.8, 4) is 0 Å². The van der Waals surface area contributed by atoms with Crippen LogP contribution in [0.5, 0.6) is 0 Å². The second-order valence-corrected chi connectivity index (χ2v) is 4.40. The van der Waals surface area contributed by atoms with E-state index in [2.05, 4.69) is 0 Å². The molecule has 0 saturated heterocycles. The molecule has 0 radical (unpaired) electrons. The topological polar surface area (TPSA) is 57.6 Å². The molecule has 0 unspecified atom stereocenters. The Bertz CT molecular complexity index is 570. The van der Waals surface area contributed by atoms with Gasteiger partial charge in [0.15, 0.2) is 0 Å². The van der Waals surface area contributed by atoms with Crippen molar-refractivity contribution in [3.05, 3.63) is 35.1 Å². The molecular formula is C12H9F4NO3. The Balaban J connectivity index is 2.40. The van der Waals surface area contributed by atoms with Crippen LogP contribution in [0.15, 0.2) is 18.2 Å². The zero-order valence-electron chi connectivity index (χ0n) is 9.95. The number of carbonyl (C=O) groups excluding carboxylic acids is 1. The van der Waals surface area contributed by atoms with Gasteiger partial charge in [-0.05, 0) is 23.3 Å². The highest BCUT2D eigenvalue weighted by atomic mass is 19.4. The first-order chi connectivity index (χ1) is 9.20. The van der Waals surface area contributed by atoms with Gasteiger partial charge in [0.2, 0.25) is 0 Å². The number of rotatable bonds is 1. The predicted molar refractivity (Wildman–Crippen MR) is 58.1 cm³/mol. The second kappa shape index (κ2) is 4.77. The molecule has 0 spiro atoms. The lowest BCUT2D eigenvalue weighted by Gasteiger charge is -2.34. The van der Waals surface area contributed by atoms with E-state index in [1.165, 1.54) is 6.07 Å². The van der Waals surface area contributed by atoms with Gasteiger partial charge in [0.05, 0.1) is 0 Å². The lowest BCUT2D eigenvalue weighted by Crippen LogP contribution is -2.52. The van der Waals surface area contributed by atoms with Crippen LogP contribution in [0.4, 0.5) is 17.6 Å². The normalized spacial score (nSPS) is 18.6. The summed E-state index contributed by atoms with van der Waals surface area (Å²) in [6, 6.07) is 1.72. The minimum Gasteiger partial charge on any atom is -0.480 e. The molecule has 0 saturated carbocycles. The maximum absolute atomic E-state index is 13.1. The van der Waals surface area contributed by atoms with Gasteiger partial charge in [-0.15, -0.1) is 0 Å². The molecule has 0 aromatic heterocycles. The summed E-state index contributed by atoms with van der Waals surface area (Å²) in [5.41, 5.74) is 0.602. The molecule has 1 aromatic carbocycles. The highest BCUT2D eigenvalue weighted by Crippen LogP contribution is 2.28. The molecule has 8 heteroatoms. The number of halogens is 4. The van der Waals surface area contributed by atoms with Gasteiger partial charge in [-0.2, -0.15) is 13.2 Å². The summed E-state index contributed by atoms with van der Waals surface area (Å²) in [7, 11) is 0. The maximum atomic E-state index is 13.1. The van der Waals surface area contributed by atoms with E-state index in [0.29, 0.717) is 11.1 Å². The Morgan fingerprint density at radius 2 is 1.90 bits per heavy atom. The lowest BCUT2D eigenvalue weighted by molar-refractivity contribution is -0.191. The highest BCUT2D eigenvalue weighted by Gasteiger charge is 2.47. The average molecular weight is 291 g/mol. The third-order valence-corrected chi connectivity index (χ3v) is 3.09. The van der Waals surface area contributed by atoms with Crippen LogP contribution in [0, 0.1) is 5.82 Å². The smallest absolute Gasteiger partial charge is 0.471 e. The molecule has 1 heterocycles. The number of benzene rings is 1. The molecule has 0 fully saturated rings. The van der Waals surface area contributed by atoms with Gasteiger partial charge in [0.1, 0.15) is 11.9 Å². The fourth-order valence-corrected chi connectivity index (χ4v) is 2.15. The van der Waals surface area contributed by atoms with Crippen molar-refractivity contribution in [3.63, 3.8) is 0 Å². The largest absolute Gasteiger partial charge is 0.480 e. The number of hydrogen-bond acceptors (Lipinski definition) is 2. The summed E-state index contributed by atoms with van der Waals surface area (Å²) in [5, 5.41) is 8.96. The van der Waals surface area contributed by atoms with Crippen molar-refractivity contribution in [2.45, 2.75) is 25.2 Å². The van der Waals surface area contributed by atoms with Crippen molar-refractivity contribution in [1.82, 2.24) is 4.90 Å². The van der Waals surface area contributed by atoms with E-state index in [1.807, 2.05) is 0 Å². The maximum Gasteiger partial charge on any atom is 0.471 e. The molecule has 0 aliphatic carbocycles. The minimum atomic E-state index is -5.15. The number of nitrogens with zero attached hydrogens (tertiary/aromatic N) is 1. The molecule has 1 aliphatic heterocycles. The van der Waals surface area contributed by atoms with Crippen LogP contribution < -0.4 is 0 Å². The number of aliphatic carboxylic acids is 1. The van der Waals surface area contributed by atoms with E-state index in [-0.39, 0.29) is 11.3 Å². The van der Waals surface area contributed by atoms with Gasteiger partial charge in [-0.3, -0.25) is 4.79 Å². The first kappa shape index (κ1) is 14.3. The molecule has 4 nitrogen and oxygen atoms in total. The summed E-state index contributed by atoms with van der Waals surface area (Å²) < 4.78 is 50.5. The average Bonchev–Trinajstić information content (AvgIpc) is 2.35. The molecule has 1 aromatic rings. The zero-order chi connectivity index (χ0) is 15.1. The molecule has 1 amide bonds. The Morgan fingerprint density at radius 3 is 2.45 bits per heavy atom. The monoisotopic (exact) mass is 291 g/mol. The molecule has 1 aliphatic rings. The Morgan fingerprint density at radius 1 is 1.25 bits per heavy atom. The molecule has 0 bridgehead atoms. The van der Waals surface area contributed by atoms with Crippen LogP contribution in [-0.2, 0) is 22.6 Å². The molecule has 2 rings (SSSR count). The molecular weight excluding hydrogens is 282 g/mol. The van der Waals surface area contributed by atoms with E-state index in [0.717, 1.165) is 12.1 Å². The SMILES string of the molecule is O=C(O)[C@H]1Cc2cc(F)ccc2CN1C(=O)C(F)(F)F. The summed E-state index contributed by atoms with van der Waals surface area (Å²) in [6.45, 7) is -0.509. The van der Waals surface area contributed by atoms with Crippen LogP contribution in [-0.4, -0.2) is 34.1 Å². The minimum absolute atomic E-state index is 0.253. The van der Waals surface area contributed by atoms with E-state index < -0.39 is 36.5 Å². The number of carboxylic acid groups (broad SMARTS) is 1. The van der Waals surface area contributed by atoms with Gasteiger partial charge in [-0.25, -0.2) is 9.18 Å². The zero-order valence-corrected chi connectivity index (χ0v) is 9.95. The number of fused-ring (bicyclic) bond motifs is 1. The number of hydrogen-bond donors (Lipinski definition) is 1. The first-order valence-electron chi connectivity index (χ1n) is 5.58. The second-order valence-electron chi connectivity index (χ2n) is 4.40. The number of amides is 1. The fraction of sp³-hybridized carbons (Fsp3) is 0.333. The third-order valence-electron chi connectivity index (χ3n) is 3.09. The lowest BCUT2D eigenvalue weighted by atomic mass is 9.93. The van der Waals surface area contributed by atoms with Gasteiger partial charge in [-0.1, -0.05) is 6.07 Å². The first-order valence-corrected chi connectivity index (χ1v) is 5.58. The quantitative estimate of drug-likeness (QED) is 0.802. The van der Waals surface area contributed by atoms with Gasteiger partial charge >= 0.3 is 18.1 Å². The Kier molecular flexibility index (Phi) is 3.41. The molecule has 1 N–H and O–H groups in total. The van der Waals surface area contributed by atoms with Crippen molar-refractivity contribution < 1.29 is 32.3 Å². The number of carbonyl (C=O) groups is 2. The van der Waals surface area contributed by atoms with Crippen LogP contribution in [0.2, 0.25) is 0 Å². The van der Waals surface area contributed by atoms with E-state index >= 15 is 0 Å². The Labute approximate surface area is 110 Å². The summed E-state index contributed by atoms with van der Waals surface area (Å²) >= 11 is 0. The highest BCUT2D eigenvalue weighted by molar-refractivity contribution is 5.87. The van der Waals surface area contributed by atoms with Crippen LogP contribution >= 0.6 is 0 Å². The van der Waals surface area contributed by atoms with Crippen LogP contribution in [0.25, 0.3) is 0 Å². The van der Waals surface area contributed by atoms with E-state index in [1.54, 1.807) is 0 Å². The van der Waals surface area contributed by atoms with Crippen molar-refractivity contribution in [2.24, 2.45) is 0 Å². The summed E-state index contributed by atoms with van der Waals surface area (Å²) in [4.78, 5) is 22.6. The van der Waals surface area contributed by atoms with E-state index in [4.69, 9.17) is 5.11 Å². The van der Waals surface area contributed by atoms with Crippen LogP contribution in [0.1, 0.15) is 11.1 Å². The molecule has 20 heavy (non-hydrogen) atoms. The standard InChI is InChI=1S/C12H9F4NO3/c13-8-2-1-6-5-17(11(20)12(14,15)16)9(10(18)19)4-7(6)3-8/h1-3,9H,4-5H2,(H,18,19)/t9-/m1/s1. The summed E-state index contributed by atoms with van der Waals surface area (Å²) in [6.07, 6.45) is -5.50. The molecule has 108 valence electrons. The predicted octanol–water partition coefficient (Wildman–Crippen LogP) is 1.73. The van der Waals surface area contributed by atoms with Crippen molar-refractivity contribution in [2.75, 3.05) is 0 Å². The summed E-state index contributed by atoms with van der Waals surface area (Å²) in [5.74, 6) is -4.37. The van der Waals surface area contributed by atoms with E-state index in [9.17, 15) is 27.2 Å². The van der Waals surface area contributed by atoms with Gasteiger partial charge in [0.25, 0.3) is 0 Å². The third kappa shape index (κ3) is 2.59. The van der Waals surface area contributed by atoms with Crippen molar-refractivity contribution in [1.29, 1.82) is 0 Å². The fourth-order valence-electron chi connectivity index (χ4n) is 2.15. The Hall–Kier alpha value is -2.12. The van der Waals surface area contributed by atoms with Crippen LogP contribution in [0.3, 0.4) is 0 Å². The van der Waals surface area contributed by atoms with Crippen molar-refractivity contribution >= 4 is 11.9 Å².